The average molecular weight is 283 g/mol. The molecule has 1 saturated heterocycles. The van der Waals surface area contributed by atoms with Gasteiger partial charge in [-0.3, -0.25) is 4.99 Å². The highest BCUT2D eigenvalue weighted by molar-refractivity contribution is 5.80. The molecule has 1 aliphatic carbocycles. The standard InChI is InChI=1S/C15H29N3O2/c1-3-16-15(18-14-9-12(14)2)17-6-4-7-19-10-13-5-8-20-11-13/h12-14H,3-11H2,1-2H3,(H2,16,17,18). The first-order valence-corrected chi connectivity index (χ1v) is 8.00. The summed E-state index contributed by atoms with van der Waals surface area (Å²) in [5, 5.41) is 6.75. The second-order valence-corrected chi connectivity index (χ2v) is 5.88. The van der Waals surface area contributed by atoms with Crippen molar-refractivity contribution in [2.24, 2.45) is 16.8 Å². The molecule has 2 rings (SSSR count). The summed E-state index contributed by atoms with van der Waals surface area (Å²) < 4.78 is 11.0. The van der Waals surface area contributed by atoms with Crippen LogP contribution in [0.25, 0.3) is 0 Å². The van der Waals surface area contributed by atoms with E-state index in [-0.39, 0.29) is 0 Å². The highest BCUT2D eigenvalue weighted by atomic mass is 16.5. The Morgan fingerprint density at radius 3 is 2.95 bits per heavy atom. The van der Waals surface area contributed by atoms with Crippen LogP contribution in [-0.2, 0) is 9.47 Å². The van der Waals surface area contributed by atoms with Crippen molar-refractivity contribution in [3.8, 4) is 0 Å². The van der Waals surface area contributed by atoms with Gasteiger partial charge in [0.25, 0.3) is 0 Å². The van der Waals surface area contributed by atoms with E-state index in [1.54, 1.807) is 0 Å². The normalized spacial score (nSPS) is 29.5. The van der Waals surface area contributed by atoms with Crippen molar-refractivity contribution >= 4 is 5.96 Å². The van der Waals surface area contributed by atoms with Crippen LogP contribution in [0.4, 0.5) is 0 Å². The smallest absolute Gasteiger partial charge is 0.191 e. The molecule has 0 aromatic carbocycles. The SMILES string of the molecule is CCNC(=NCCCOCC1CCOC1)NC1CC1C. The van der Waals surface area contributed by atoms with Crippen LogP contribution in [0, 0.1) is 11.8 Å². The van der Waals surface area contributed by atoms with Crippen LogP contribution in [-0.4, -0.2) is 51.5 Å². The van der Waals surface area contributed by atoms with E-state index in [4.69, 9.17) is 9.47 Å². The highest BCUT2D eigenvalue weighted by Crippen LogP contribution is 2.28. The molecule has 5 nitrogen and oxygen atoms in total. The lowest BCUT2D eigenvalue weighted by atomic mass is 10.1. The van der Waals surface area contributed by atoms with Gasteiger partial charge in [0.1, 0.15) is 0 Å². The number of hydrogen-bond acceptors (Lipinski definition) is 3. The lowest BCUT2D eigenvalue weighted by molar-refractivity contribution is 0.0893. The van der Waals surface area contributed by atoms with Crippen LogP contribution in [0.5, 0.6) is 0 Å². The van der Waals surface area contributed by atoms with Crippen molar-refractivity contribution in [3.63, 3.8) is 0 Å². The van der Waals surface area contributed by atoms with Gasteiger partial charge in [-0.25, -0.2) is 0 Å². The van der Waals surface area contributed by atoms with Gasteiger partial charge in [-0.15, -0.1) is 0 Å². The number of nitrogens with one attached hydrogen (secondary N) is 2. The van der Waals surface area contributed by atoms with Crippen molar-refractivity contribution in [2.75, 3.05) is 39.5 Å². The summed E-state index contributed by atoms with van der Waals surface area (Å²) in [6.07, 6.45) is 3.38. The van der Waals surface area contributed by atoms with Gasteiger partial charge < -0.3 is 20.1 Å². The monoisotopic (exact) mass is 283 g/mol. The van der Waals surface area contributed by atoms with Crippen molar-refractivity contribution in [3.05, 3.63) is 0 Å². The fraction of sp³-hybridized carbons (Fsp3) is 0.933. The predicted molar refractivity (Wildman–Crippen MR) is 81.0 cm³/mol. The number of aliphatic imine (C=N–C) groups is 1. The van der Waals surface area contributed by atoms with Crippen LogP contribution < -0.4 is 10.6 Å². The topological polar surface area (TPSA) is 54.9 Å². The number of rotatable bonds is 8. The minimum absolute atomic E-state index is 0.605. The Morgan fingerprint density at radius 1 is 1.45 bits per heavy atom. The van der Waals surface area contributed by atoms with E-state index in [1.807, 2.05) is 0 Å². The van der Waals surface area contributed by atoms with Gasteiger partial charge in [0.15, 0.2) is 5.96 Å². The molecule has 1 aliphatic heterocycles. The number of hydrogen-bond donors (Lipinski definition) is 2. The molecule has 2 aliphatic rings. The molecule has 0 spiro atoms. The third-order valence-corrected chi connectivity index (χ3v) is 3.87. The molecule has 0 aromatic heterocycles. The molecule has 1 heterocycles. The zero-order chi connectivity index (χ0) is 14.2. The van der Waals surface area contributed by atoms with Crippen molar-refractivity contribution < 1.29 is 9.47 Å². The molecule has 0 radical (unpaired) electrons. The molecule has 2 fully saturated rings. The van der Waals surface area contributed by atoms with Crippen LogP contribution in [0.2, 0.25) is 0 Å². The van der Waals surface area contributed by atoms with Crippen LogP contribution in [0.15, 0.2) is 4.99 Å². The van der Waals surface area contributed by atoms with Gasteiger partial charge in [0, 0.05) is 38.3 Å². The third kappa shape index (κ3) is 5.67. The third-order valence-electron chi connectivity index (χ3n) is 3.87. The molecule has 116 valence electrons. The Bertz CT molecular complexity index is 303. The maximum absolute atomic E-state index is 5.68. The van der Waals surface area contributed by atoms with Gasteiger partial charge >= 0.3 is 0 Å². The molecule has 0 bridgehead atoms. The number of guanidine groups is 1. The lowest BCUT2D eigenvalue weighted by Gasteiger charge is -2.11. The quantitative estimate of drug-likeness (QED) is 0.401. The Kier molecular flexibility index (Phi) is 6.60. The summed E-state index contributed by atoms with van der Waals surface area (Å²) in [6, 6.07) is 0.617. The van der Waals surface area contributed by atoms with Crippen molar-refractivity contribution in [1.29, 1.82) is 0 Å². The zero-order valence-corrected chi connectivity index (χ0v) is 12.9. The van der Waals surface area contributed by atoms with Gasteiger partial charge in [-0.1, -0.05) is 6.92 Å². The maximum Gasteiger partial charge on any atom is 0.191 e. The zero-order valence-electron chi connectivity index (χ0n) is 12.9. The number of ether oxygens (including phenoxy) is 2. The first-order chi connectivity index (χ1) is 9.79. The molecule has 3 unspecified atom stereocenters. The summed E-state index contributed by atoms with van der Waals surface area (Å²) in [5.41, 5.74) is 0. The molecule has 3 atom stereocenters. The summed E-state index contributed by atoms with van der Waals surface area (Å²) in [5.74, 6) is 2.34. The maximum atomic E-state index is 5.68. The second-order valence-electron chi connectivity index (χ2n) is 5.88. The summed E-state index contributed by atoms with van der Waals surface area (Å²) >= 11 is 0. The van der Waals surface area contributed by atoms with E-state index >= 15 is 0 Å². The van der Waals surface area contributed by atoms with E-state index in [0.29, 0.717) is 12.0 Å². The van der Waals surface area contributed by atoms with Gasteiger partial charge in [-0.05, 0) is 32.1 Å². The molecular formula is C15H29N3O2. The predicted octanol–water partition coefficient (Wildman–Crippen LogP) is 1.39. The fourth-order valence-corrected chi connectivity index (χ4v) is 2.34. The Balaban J connectivity index is 1.52. The second kappa shape index (κ2) is 8.47. The summed E-state index contributed by atoms with van der Waals surface area (Å²) in [4.78, 5) is 4.59. The average Bonchev–Trinajstić information content (AvgIpc) is 2.93. The molecular weight excluding hydrogens is 254 g/mol. The fourth-order valence-electron chi connectivity index (χ4n) is 2.34. The molecule has 2 N–H and O–H groups in total. The van der Waals surface area contributed by atoms with Crippen molar-refractivity contribution in [2.45, 2.75) is 39.2 Å². The van der Waals surface area contributed by atoms with E-state index < -0.39 is 0 Å². The van der Waals surface area contributed by atoms with Crippen LogP contribution >= 0.6 is 0 Å². The van der Waals surface area contributed by atoms with E-state index in [1.165, 1.54) is 6.42 Å². The van der Waals surface area contributed by atoms with Crippen LogP contribution in [0.3, 0.4) is 0 Å². The minimum Gasteiger partial charge on any atom is -0.381 e. The molecule has 0 amide bonds. The molecule has 5 heteroatoms. The van der Waals surface area contributed by atoms with Gasteiger partial charge in [0.2, 0.25) is 0 Å². The molecule has 20 heavy (non-hydrogen) atoms. The van der Waals surface area contributed by atoms with Gasteiger partial charge in [-0.2, -0.15) is 0 Å². The largest absolute Gasteiger partial charge is 0.381 e. The highest BCUT2D eigenvalue weighted by Gasteiger charge is 2.33. The summed E-state index contributed by atoms with van der Waals surface area (Å²) in [6.45, 7) is 9.48. The van der Waals surface area contributed by atoms with E-state index in [2.05, 4.69) is 29.5 Å². The summed E-state index contributed by atoms with van der Waals surface area (Å²) in [7, 11) is 0. The van der Waals surface area contributed by atoms with Crippen molar-refractivity contribution in [1.82, 2.24) is 10.6 Å². The van der Waals surface area contributed by atoms with Crippen LogP contribution in [0.1, 0.15) is 33.1 Å². The van der Waals surface area contributed by atoms with Gasteiger partial charge in [0.05, 0.1) is 13.2 Å². The first-order valence-electron chi connectivity index (χ1n) is 8.00. The van der Waals surface area contributed by atoms with E-state index in [0.717, 1.165) is 64.2 Å². The minimum atomic E-state index is 0.605. The Hall–Kier alpha value is -0.810. The first kappa shape index (κ1) is 15.6. The molecule has 1 saturated carbocycles. The Labute approximate surface area is 122 Å². The number of nitrogens with zero attached hydrogens (tertiary/aromatic N) is 1. The lowest BCUT2D eigenvalue weighted by Crippen LogP contribution is -2.39. The van der Waals surface area contributed by atoms with E-state index in [9.17, 15) is 0 Å². The Morgan fingerprint density at radius 2 is 2.30 bits per heavy atom. The molecule has 0 aromatic rings.